The van der Waals surface area contributed by atoms with E-state index in [0.717, 1.165) is 18.0 Å². The molecule has 2 fully saturated rings. The highest BCUT2D eigenvalue weighted by Crippen LogP contribution is 2.37. The number of piperidine rings is 1. The molecule has 2 heteroatoms. The lowest BCUT2D eigenvalue weighted by molar-refractivity contribution is 0.0395. The van der Waals surface area contributed by atoms with Gasteiger partial charge in [-0.25, -0.2) is 0 Å². The molecule has 0 radical (unpaired) electrons. The van der Waals surface area contributed by atoms with Crippen LogP contribution in [-0.4, -0.2) is 36.6 Å². The molecule has 1 heterocycles. The molecule has 1 aliphatic heterocycles. The van der Waals surface area contributed by atoms with E-state index >= 15 is 0 Å². The second-order valence-corrected chi connectivity index (χ2v) is 7.75. The molecule has 0 aromatic carbocycles. The highest BCUT2D eigenvalue weighted by atomic mass is 15.2. The molecule has 3 unspecified atom stereocenters. The van der Waals surface area contributed by atoms with E-state index in [0.29, 0.717) is 5.41 Å². The molecule has 3 atom stereocenters. The lowest BCUT2D eigenvalue weighted by atomic mass is 9.76. The summed E-state index contributed by atoms with van der Waals surface area (Å²) >= 11 is 0. The summed E-state index contributed by atoms with van der Waals surface area (Å²) in [5.74, 6) is 0.916. The van der Waals surface area contributed by atoms with Gasteiger partial charge in [-0.2, -0.15) is 0 Å². The molecule has 1 saturated carbocycles. The third-order valence-electron chi connectivity index (χ3n) is 6.06. The second-order valence-electron chi connectivity index (χ2n) is 7.75. The van der Waals surface area contributed by atoms with E-state index in [-0.39, 0.29) is 0 Å². The van der Waals surface area contributed by atoms with Gasteiger partial charge in [0.2, 0.25) is 0 Å². The van der Waals surface area contributed by atoms with Crippen LogP contribution >= 0.6 is 0 Å². The summed E-state index contributed by atoms with van der Waals surface area (Å²) < 4.78 is 0. The predicted molar refractivity (Wildman–Crippen MR) is 88.1 cm³/mol. The number of nitrogens with zero attached hydrogens (tertiary/aromatic N) is 1. The third kappa shape index (κ3) is 3.98. The highest BCUT2D eigenvalue weighted by Gasteiger charge is 2.36. The van der Waals surface area contributed by atoms with Gasteiger partial charge in [-0.05, 0) is 69.5 Å². The number of rotatable bonds is 5. The lowest BCUT2D eigenvalue weighted by Crippen LogP contribution is -2.55. The van der Waals surface area contributed by atoms with Gasteiger partial charge in [0.05, 0.1) is 0 Å². The van der Waals surface area contributed by atoms with Crippen molar-refractivity contribution >= 4 is 0 Å². The molecule has 1 aliphatic carbocycles. The van der Waals surface area contributed by atoms with E-state index in [9.17, 15) is 0 Å². The van der Waals surface area contributed by atoms with E-state index in [2.05, 4.69) is 37.9 Å². The number of nitrogens with one attached hydrogen (secondary N) is 1. The van der Waals surface area contributed by atoms with Crippen LogP contribution in [0.2, 0.25) is 0 Å². The molecule has 1 N–H and O–H groups in total. The van der Waals surface area contributed by atoms with Crippen LogP contribution in [0, 0.1) is 11.3 Å². The molecule has 0 amide bonds. The Morgan fingerprint density at radius 2 is 1.85 bits per heavy atom. The van der Waals surface area contributed by atoms with E-state index < -0.39 is 0 Å². The largest absolute Gasteiger partial charge is 0.312 e. The maximum atomic E-state index is 3.83. The summed E-state index contributed by atoms with van der Waals surface area (Å²) in [5, 5.41) is 3.83. The van der Waals surface area contributed by atoms with Crippen LogP contribution in [0.15, 0.2) is 0 Å². The molecule has 118 valence electrons. The topological polar surface area (TPSA) is 15.3 Å². The molecule has 2 aliphatic rings. The van der Waals surface area contributed by atoms with Crippen molar-refractivity contribution in [3.8, 4) is 0 Å². The zero-order chi connectivity index (χ0) is 14.6. The van der Waals surface area contributed by atoms with Crippen molar-refractivity contribution in [1.82, 2.24) is 10.2 Å². The Kier molecular flexibility index (Phi) is 5.92. The molecule has 2 rings (SSSR count). The van der Waals surface area contributed by atoms with E-state index in [4.69, 9.17) is 0 Å². The fourth-order valence-corrected chi connectivity index (χ4v) is 4.07. The van der Waals surface area contributed by atoms with Crippen molar-refractivity contribution in [2.45, 2.75) is 84.7 Å². The first-order valence-corrected chi connectivity index (χ1v) is 9.05. The fourth-order valence-electron chi connectivity index (χ4n) is 4.07. The number of hydrogen-bond donors (Lipinski definition) is 1. The third-order valence-corrected chi connectivity index (χ3v) is 6.06. The number of hydrogen-bond acceptors (Lipinski definition) is 2. The summed E-state index contributed by atoms with van der Waals surface area (Å²) in [6.45, 7) is 13.4. The minimum atomic E-state index is 0.614. The summed E-state index contributed by atoms with van der Waals surface area (Å²) in [5.41, 5.74) is 0.614. The average molecular weight is 280 g/mol. The maximum absolute atomic E-state index is 3.83. The fraction of sp³-hybridized carbons (Fsp3) is 1.00. The van der Waals surface area contributed by atoms with Crippen LogP contribution in [0.25, 0.3) is 0 Å². The Labute approximate surface area is 126 Å². The zero-order valence-corrected chi connectivity index (χ0v) is 14.3. The first-order valence-electron chi connectivity index (χ1n) is 9.05. The van der Waals surface area contributed by atoms with E-state index in [1.165, 1.54) is 64.6 Å². The standard InChI is InChI=1S/C18H36N2/c1-5-11-19-16-8-7-15(3)14-17(16)20-12-9-18(4,6-2)10-13-20/h15-17,19H,5-14H2,1-4H3. The van der Waals surface area contributed by atoms with Gasteiger partial charge >= 0.3 is 0 Å². The Hall–Kier alpha value is -0.0800. The van der Waals surface area contributed by atoms with Crippen LogP contribution in [0.4, 0.5) is 0 Å². The minimum absolute atomic E-state index is 0.614. The summed E-state index contributed by atoms with van der Waals surface area (Å²) in [4.78, 5) is 2.82. The van der Waals surface area contributed by atoms with Crippen LogP contribution in [-0.2, 0) is 0 Å². The molecule has 2 nitrogen and oxygen atoms in total. The second kappa shape index (κ2) is 7.26. The van der Waals surface area contributed by atoms with Gasteiger partial charge in [0.1, 0.15) is 0 Å². The molecule has 0 bridgehead atoms. The van der Waals surface area contributed by atoms with Crippen molar-refractivity contribution in [3.05, 3.63) is 0 Å². The van der Waals surface area contributed by atoms with Crippen molar-refractivity contribution < 1.29 is 0 Å². The predicted octanol–water partition coefficient (Wildman–Crippen LogP) is 4.06. The molecule has 0 aromatic rings. The summed E-state index contributed by atoms with van der Waals surface area (Å²) in [6, 6.07) is 1.55. The summed E-state index contributed by atoms with van der Waals surface area (Å²) in [7, 11) is 0. The molecule has 20 heavy (non-hydrogen) atoms. The quantitative estimate of drug-likeness (QED) is 0.817. The number of likely N-dealkylation sites (tertiary alicyclic amines) is 1. The minimum Gasteiger partial charge on any atom is -0.312 e. The van der Waals surface area contributed by atoms with Crippen molar-refractivity contribution in [1.29, 1.82) is 0 Å². The lowest BCUT2D eigenvalue weighted by Gasteiger charge is -2.47. The van der Waals surface area contributed by atoms with Crippen molar-refractivity contribution in [3.63, 3.8) is 0 Å². The monoisotopic (exact) mass is 280 g/mol. The highest BCUT2D eigenvalue weighted by molar-refractivity contribution is 4.93. The van der Waals surface area contributed by atoms with Crippen LogP contribution < -0.4 is 5.32 Å². The van der Waals surface area contributed by atoms with Crippen LogP contribution in [0.5, 0.6) is 0 Å². The molecule has 1 saturated heterocycles. The van der Waals surface area contributed by atoms with Crippen molar-refractivity contribution in [2.24, 2.45) is 11.3 Å². The first kappa shape index (κ1) is 16.3. The molecular weight excluding hydrogens is 244 g/mol. The smallest absolute Gasteiger partial charge is 0.0251 e. The normalized spacial score (nSPS) is 35.1. The molecular formula is C18H36N2. The van der Waals surface area contributed by atoms with Gasteiger partial charge in [0.15, 0.2) is 0 Å². The molecule has 0 spiro atoms. The first-order chi connectivity index (χ1) is 9.58. The van der Waals surface area contributed by atoms with Gasteiger partial charge < -0.3 is 5.32 Å². The van der Waals surface area contributed by atoms with E-state index in [1.54, 1.807) is 0 Å². The van der Waals surface area contributed by atoms with Gasteiger partial charge in [0, 0.05) is 12.1 Å². The SMILES string of the molecule is CCCNC1CCC(C)CC1N1CCC(C)(CC)CC1. The Morgan fingerprint density at radius 3 is 2.45 bits per heavy atom. The zero-order valence-electron chi connectivity index (χ0n) is 14.3. The Morgan fingerprint density at radius 1 is 1.15 bits per heavy atom. The van der Waals surface area contributed by atoms with Gasteiger partial charge in [0.25, 0.3) is 0 Å². The van der Waals surface area contributed by atoms with Crippen LogP contribution in [0.1, 0.15) is 72.6 Å². The van der Waals surface area contributed by atoms with Gasteiger partial charge in [-0.15, -0.1) is 0 Å². The average Bonchev–Trinajstić information content (AvgIpc) is 2.47. The van der Waals surface area contributed by atoms with Gasteiger partial charge in [-0.3, -0.25) is 4.90 Å². The summed E-state index contributed by atoms with van der Waals surface area (Å²) in [6.07, 6.45) is 9.60. The maximum Gasteiger partial charge on any atom is 0.0251 e. The Bertz CT molecular complexity index is 279. The Balaban J connectivity index is 1.93. The molecule has 0 aromatic heterocycles. The van der Waals surface area contributed by atoms with Crippen molar-refractivity contribution in [2.75, 3.05) is 19.6 Å². The van der Waals surface area contributed by atoms with Crippen LogP contribution in [0.3, 0.4) is 0 Å². The van der Waals surface area contributed by atoms with Gasteiger partial charge in [-0.1, -0.05) is 34.1 Å². The van der Waals surface area contributed by atoms with E-state index in [1.807, 2.05) is 0 Å².